The van der Waals surface area contributed by atoms with Crippen molar-refractivity contribution in [1.82, 2.24) is 10.3 Å². The number of ether oxygens (including phenoxy) is 1. The van der Waals surface area contributed by atoms with Crippen molar-refractivity contribution in [3.63, 3.8) is 0 Å². The zero-order valence-electron chi connectivity index (χ0n) is 16.5. The van der Waals surface area contributed by atoms with Crippen LogP contribution < -0.4 is 15.4 Å². The fraction of sp³-hybridized carbons (Fsp3) is 0.350. The van der Waals surface area contributed by atoms with Gasteiger partial charge < -0.3 is 20.8 Å². The normalized spacial score (nSPS) is 9.79. The van der Waals surface area contributed by atoms with E-state index >= 15 is 0 Å². The molecule has 2 aromatic rings. The Bertz CT molecular complexity index is 813. The van der Waals surface area contributed by atoms with Crippen molar-refractivity contribution >= 4 is 41.1 Å². The lowest BCUT2D eigenvalue weighted by atomic mass is 10.1. The highest BCUT2D eigenvalue weighted by Gasteiger charge is 2.08. The summed E-state index contributed by atoms with van der Waals surface area (Å²) >= 11 is 11.7. The molecule has 152 valence electrons. The zero-order valence-corrected chi connectivity index (χ0v) is 18.0. The third-order valence-electron chi connectivity index (χ3n) is 3.84. The van der Waals surface area contributed by atoms with Crippen LogP contribution in [0.15, 0.2) is 24.3 Å². The molecule has 8 heteroatoms. The monoisotopic (exact) mass is 424 g/mol. The van der Waals surface area contributed by atoms with E-state index < -0.39 is 0 Å². The molecule has 1 heterocycles. The fourth-order valence-corrected chi connectivity index (χ4v) is 2.87. The molecule has 1 aromatic carbocycles. The molecule has 0 saturated heterocycles. The number of carbonyl (C=O) groups excluding carboxylic acids is 1. The molecule has 0 fully saturated rings. The number of pyridine rings is 1. The first kappa shape index (κ1) is 23.7. The number of aromatic nitrogens is 1. The summed E-state index contributed by atoms with van der Waals surface area (Å²) in [5, 5.41) is 13.7. The molecule has 2 rings (SSSR count). The molecular weight excluding hydrogens is 399 g/mol. The van der Waals surface area contributed by atoms with Crippen molar-refractivity contribution < 1.29 is 9.53 Å². The van der Waals surface area contributed by atoms with Crippen LogP contribution >= 0.6 is 23.2 Å². The number of carbonyl (C=O) groups is 1. The van der Waals surface area contributed by atoms with Gasteiger partial charge in [-0.25, -0.2) is 4.98 Å². The number of aryl methyl sites for hydroxylation is 2. The summed E-state index contributed by atoms with van der Waals surface area (Å²) in [5.41, 5.74) is 2.66. The molecular formula is C20H26Cl2N4O2. The van der Waals surface area contributed by atoms with Crippen LogP contribution in [0.3, 0.4) is 0 Å². The first-order chi connectivity index (χ1) is 13.4. The van der Waals surface area contributed by atoms with E-state index in [0.717, 1.165) is 29.2 Å². The Kier molecular flexibility index (Phi) is 10.3. The largest absolute Gasteiger partial charge is 0.496 e. The van der Waals surface area contributed by atoms with E-state index in [2.05, 4.69) is 22.5 Å². The molecule has 0 bridgehead atoms. The summed E-state index contributed by atoms with van der Waals surface area (Å²) < 4.78 is 5.19. The molecule has 0 aliphatic heterocycles. The maximum absolute atomic E-state index is 11.1. The number of halogens is 2. The van der Waals surface area contributed by atoms with Gasteiger partial charge in [-0.15, -0.1) is 0 Å². The van der Waals surface area contributed by atoms with E-state index in [9.17, 15) is 4.79 Å². The minimum atomic E-state index is -0.157. The van der Waals surface area contributed by atoms with Gasteiger partial charge in [0, 0.05) is 23.8 Å². The minimum Gasteiger partial charge on any atom is -0.496 e. The first-order valence-corrected chi connectivity index (χ1v) is 9.56. The van der Waals surface area contributed by atoms with Crippen LogP contribution in [0.1, 0.15) is 30.0 Å². The third-order valence-corrected chi connectivity index (χ3v) is 4.26. The molecule has 3 N–H and O–H groups in total. The summed E-state index contributed by atoms with van der Waals surface area (Å²) in [7, 11) is 3.24. The van der Waals surface area contributed by atoms with Crippen LogP contribution in [-0.4, -0.2) is 37.8 Å². The number of anilines is 1. The SMILES string of the molecule is CCCc1cc(Cl)ccc1OC.CNC(=O)CNc1nc(Cl)cc(C)c1C=N. The molecule has 28 heavy (non-hydrogen) atoms. The summed E-state index contributed by atoms with van der Waals surface area (Å²) in [6, 6.07) is 7.39. The molecule has 0 aliphatic carbocycles. The van der Waals surface area contributed by atoms with E-state index in [4.69, 9.17) is 33.3 Å². The van der Waals surface area contributed by atoms with Crippen molar-refractivity contribution in [3.05, 3.63) is 51.1 Å². The molecule has 0 saturated carbocycles. The molecule has 1 aromatic heterocycles. The highest BCUT2D eigenvalue weighted by Crippen LogP contribution is 2.23. The van der Waals surface area contributed by atoms with E-state index in [1.54, 1.807) is 20.2 Å². The van der Waals surface area contributed by atoms with Crippen LogP contribution in [0.5, 0.6) is 5.75 Å². The van der Waals surface area contributed by atoms with Crippen molar-refractivity contribution in [2.45, 2.75) is 26.7 Å². The van der Waals surface area contributed by atoms with Gasteiger partial charge in [-0.05, 0) is 48.7 Å². The van der Waals surface area contributed by atoms with Gasteiger partial charge in [-0.2, -0.15) is 0 Å². The van der Waals surface area contributed by atoms with Crippen molar-refractivity contribution in [2.75, 3.05) is 26.0 Å². The van der Waals surface area contributed by atoms with Crippen molar-refractivity contribution in [2.24, 2.45) is 0 Å². The summed E-state index contributed by atoms with van der Waals surface area (Å²) in [6.07, 6.45) is 3.31. The molecule has 0 aliphatic rings. The highest BCUT2D eigenvalue weighted by atomic mass is 35.5. The van der Waals surface area contributed by atoms with Crippen LogP contribution in [0.2, 0.25) is 10.2 Å². The lowest BCUT2D eigenvalue weighted by Crippen LogP contribution is -2.26. The predicted octanol–water partition coefficient (Wildman–Crippen LogP) is 4.50. The lowest BCUT2D eigenvalue weighted by Gasteiger charge is -2.10. The van der Waals surface area contributed by atoms with E-state index in [1.165, 1.54) is 11.8 Å². The number of benzene rings is 1. The van der Waals surface area contributed by atoms with Gasteiger partial charge in [0.05, 0.1) is 13.7 Å². The second-order valence-electron chi connectivity index (χ2n) is 5.90. The van der Waals surface area contributed by atoms with Crippen molar-refractivity contribution in [3.8, 4) is 5.75 Å². The van der Waals surface area contributed by atoms with E-state index in [0.29, 0.717) is 16.5 Å². The molecule has 0 unspecified atom stereocenters. The summed E-state index contributed by atoms with van der Waals surface area (Å²) in [5.74, 6) is 1.22. The van der Waals surface area contributed by atoms with Gasteiger partial charge in [0.2, 0.25) is 5.91 Å². The number of likely N-dealkylation sites (N-methyl/N-ethyl adjacent to an activating group) is 1. The molecule has 0 atom stereocenters. The Labute approximate surface area is 176 Å². The molecule has 6 nitrogen and oxygen atoms in total. The van der Waals surface area contributed by atoms with Gasteiger partial charge in [0.25, 0.3) is 0 Å². The standard InChI is InChI=1S/C10H13ClN4O.C10H13ClO/c1-6-3-8(11)15-10(7(6)4-12)14-5-9(16)13-2;1-3-4-8-7-9(11)5-6-10(8)12-2/h3-4,12H,5H2,1-2H3,(H,13,16)(H,14,15);5-7H,3-4H2,1-2H3. The van der Waals surface area contributed by atoms with Crippen LogP contribution in [-0.2, 0) is 11.2 Å². The number of methoxy groups -OCH3 is 1. The second-order valence-corrected chi connectivity index (χ2v) is 6.73. The number of nitrogens with one attached hydrogen (secondary N) is 3. The minimum absolute atomic E-state index is 0.101. The van der Waals surface area contributed by atoms with Crippen LogP contribution in [0.4, 0.5) is 5.82 Å². The van der Waals surface area contributed by atoms with E-state index in [1.807, 2.05) is 25.1 Å². The Morgan fingerprint density at radius 1 is 1.32 bits per heavy atom. The quantitative estimate of drug-likeness (QED) is 0.450. The number of hydrogen-bond acceptors (Lipinski definition) is 5. The lowest BCUT2D eigenvalue weighted by molar-refractivity contribution is -0.118. The van der Waals surface area contributed by atoms with Gasteiger partial charge >= 0.3 is 0 Å². The van der Waals surface area contributed by atoms with Crippen molar-refractivity contribution in [1.29, 1.82) is 5.41 Å². The van der Waals surface area contributed by atoms with E-state index in [-0.39, 0.29) is 12.5 Å². The summed E-state index contributed by atoms with van der Waals surface area (Å²) in [6.45, 7) is 4.07. The second kappa shape index (κ2) is 12.2. The maximum Gasteiger partial charge on any atom is 0.239 e. The topological polar surface area (TPSA) is 87.1 Å². The van der Waals surface area contributed by atoms with Gasteiger partial charge in [0.1, 0.15) is 16.7 Å². The Morgan fingerprint density at radius 3 is 2.61 bits per heavy atom. The number of amides is 1. The Hall–Kier alpha value is -2.31. The third kappa shape index (κ3) is 7.37. The maximum atomic E-state index is 11.1. The smallest absolute Gasteiger partial charge is 0.239 e. The average molecular weight is 425 g/mol. The fourth-order valence-electron chi connectivity index (χ4n) is 2.42. The molecule has 0 spiro atoms. The Morgan fingerprint density at radius 2 is 2.04 bits per heavy atom. The van der Waals surface area contributed by atoms with Gasteiger partial charge in [-0.1, -0.05) is 36.5 Å². The zero-order chi connectivity index (χ0) is 21.1. The number of rotatable bonds is 7. The average Bonchev–Trinajstić information content (AvgIpc) is 2.66. The highest BCUT2D eigenvalue weighted by molar-refractivity contribution is 6.30. The predicted molar refractivity (Wildman–Crippen MR) is 116 cm³/mol. The van der Waals surface area contributed by atoms with Gasteiger partial charge in [0.15, 0.2) is 0 Å². The number of nitrogens with zero attached hydrogens (tertiary/aromatic N) is 1. The summed E-state index contributed by atoms with van der Waals surface area (Å²) in [4.78, 5) is 15.1. The van der Waals surface area contributed by atoms with Crippen LogP contribution in [0, 0.1) is 12.3 Å². The molecule has 1 amide bonds. The molecule has 0 radical (unpaired) electrons. The van der Waals surface area contributed by atoms with Gasteiger partial charge in [-0.3, -0.25) is 4.79 Å². The first-order valence-electron chi connectivity index (χ1n) is 8.80. The Balaban J connectivity index is 0.000000292. The van der Waals surface area contributed by atoms with Crippen LogP contribution in [0.25, 0.3) is 0 Å². The number of hydrogen-bond donors (Lipinski definition) is 3.